The van der Waals surface area contributed by atoms with Crippen molar-refractivity contribution in [2.24, 2.45) is 5.92 Å². The molecule has 0 radical (unpaired) electrons. The number of rotatable bonds is 4. The molecular formula is C17H27N3O3. The number of amides is 1. The van der Waals surface area contributed by atoms with E-state index < -0.39 is 5.60 Å². The van der Waals surface area contributed by atoms with E-state index in [-0.39, 0.29) is 6.09 Å². The van der Waals surface area contributed by atoms with E-state index in [0.717, 1.165) is 38.2 Å². The fourth-order valence-electron chi connectivity index (χ4n) is 2.59. The third-order valence-corrected chi connectivity index (χ3v) is 3.81. The van der Waals surface area contributed by atoms with E-state index in [2.05, 4.69) is 10.3 Å². The van der Waals surface area contributed by atoms with Crippen molar-refractivity contribution >= 4 is 11.8 Å². The molecule has 0 aliphatic carbocycles. The van der Waals surface area contributed by atoms with Gasteiger partial charge in [-0.15, -0.1) is 0 Å². The predicted molar refractivity (Wildman–Crippen MR) is 89.8 cm³/mol. The zero-order valence-electron chi connectivity index (χ0n) is 14.5. The van der Waals surface area contributed by atoms with Crippen LogP contribution in [-0.2, 0) is 4.74 Å². The maximum Gasteiger partial charge on any atom is 0.410 e. The molecule has 6 nitrogen and oxygen atoms in total. The molecular weight excluding hydrogens is 294 g/mol. The Morgan fingerprint density at radius 2 is 2.09 bits per heavy atom. The van der Waals surface area contributed by atoms with Gasteiger partial charge in [-0.05, 0) is 51.7 Å². The topological polar surface area (TPSA) is 63.7 Å². The maximum absolute atomic E-state index is 12.0. The number of carbonyl (C=O) groups is 1. The van der Waals surface area contributed by atoms with Gasteiger partial charge in [-0.25, -0.2) is 9.78 Å². The van der Waals surface area contributed by atoms with Crippen LogP contribution in [0.15, 0.2) is 18.3 Å². The van der Waals surface area contributed by atoms with Gasteiger partial charge in [-0.2, -0.15) is 0 Å². The highest BCUT2D eigenvalue weighted by molar-refractivity contribution is 5.68. The summed E-state index contributed by atoms with van der Waals surface area (Å²) in [5.41, 5.74) is 0.469. The molecule has 2 heterocycles. The van der Waals surface area contributed by atoms with Crippen molar-refractivity contribution in [1.82, 2.24) is 9.88 Å². The lowest BCUT2D eigenvalue weighted by Gasteiger charge is -2.33. The van der Waals surface area contributed by atoms with Crippen LogP contribution in [0.2, 0.25) is 0 Å². The molecule has 0 atom stereocenters. The van der Waals surface area contributed by atoms with Crippen molar-refractivity contribution < 1.29 is 14.3 Å². The Bertz CT molecular complexity index is 520. The normalized spacial score (nSPS) is 16.1. The summed E-state index contributed by atoms with van der Waals surface area (Å²) in [4.78, 5) is 18.0. The van der Waals surface area contributed by atoms with Crippen molar-refractivity contribution in [2.75, 3.05) is 32.1 Å². The fraction of sp³-hybridized carbons (Fsp3) is 0.647. The van der Waals surface area contributed by atoms with E-state index >= 15 is 0 Å². The van der Waals surface area contributed by atoms with Gasteiger partial charge in [0.1, 0.15) is 5.60 Å². The first kappa shape index (κ1) is 17.4. The number of hydrogen-bond acceptors (Lipinski definition) is 5. The Morgan fingerprint density at radius 1 is 1.39 bits per heavy atom. The number of carbonyl (C=O) groups excluding carboxylic acids is 1. The van der Waals surface area contributed by atoms with Crippen molar-refractivity contribution in [2.45, 2.75) is 39.2 Å². The number of nitrogens with zero attached hydrogens (tertiary/aromatic N) is 2. The molecule has 0 aromatic carbocycles. The highest BCUT2D eigenvalue weighted by atomic mass is 16.6. The number of aromatic nitrogens is 1. The third-order valence-electron chi connectivity index (χ3n) is 3.81. The minimum absolute atomic E-state index is 0.210. The van der Waals surface area contributed by atoms with E-state index in [0.29, 0.717) is 11.8 Å². The van der Waals surface area contributed by atoms with Crippen LogP contribution in [-0.4, -0.2) is 48.3 Å². The Balaban J connectivity index is 1.78. The molecule has 0 saturated carbocycles. The lowest BCUT2D eigenvalue weighted by atomic mass is 9.97. The Morgan fingerprint density at radius 3 is 2.70 bits per heavy atom. The molecule has 0 bridgehead atoms. The molecule has 1 fully saturated rings. The SMILES string of the molecule is COc1ncccc1NCC1CCN(C(=O)OC(C)(C)C)CC1. The second kappa shape index (κ2) is 7.53. The minimum atomic E-state index is -0.438. The number of nitrogens with one attached hydrogen (secondary N) is 1. The van der Waals surface area contributed by atoms with Crippen LogP contribution in [0.3, 0.4) is 0 Å². The molecule has 23 heavy (non-hydrogen) atoms. The molecule has 6 heteroatoms. The number of methoxy groups -OCH3 is 1. The first-order valence-electron chi connectivity index (χ1n) is 8.10. The summed E-state index contributed by atoms with van der Waals surface area (Å²) in [5.74, 6) is 1.14. The molecule has 1 aliphatic heterocycles. The van der Waals surface area contributed by atoms with E-state index in [1.807, 2.05) is 32.9 Å². The van der Waals surface area contributed by atoms with Gasteiger partial charge in [0.2, 0.25) is 5.88 Å². The number of piperidine rings is 1. The highest BCUT2D eigenvalue weighted by Gasteiger charge is 2.26. The van der Waals surface area contributed by atoms with Crippen molar-refractivity contribution in [3.8, 4) is 5.88 Å². The minimum Gasteiger partial charge on any atom is -0.480 e. The Kier molecular flexibility index (Phi) is 5.69. The standard InChI is InChI=1S/C17H27N3O3/c1-17(2,3)23-16(21)20-10-7-13(8-11-20)12-19-14-6-5-9-18-15(14)22-4/h5-6,9,13,19H,7-8,10-12H2,1-4H3. The van der Waals surface area contributed by atoms with E-state index in [1.54, 1.807) is 18.2 Å². The summed E-state index contributed by atoms with van der Waals surface area (Å²) < 4.78 is 10.7. The molecule has 0 unspecified atom stereocenters. The Labute approximate surface area is 138 Å². The van der Waals surface area contributed by atoms with Crippen LogP contribution >= 0.6 is 0 Å². The van der Waals surface area contributed by atoms with Crippen molar-refractivity contribution in [3.05, 3.63) is 18.3 Å². The van der Waals surface area contributed by atoms with Crippen LogP contribution in [0, 0.1) is 5.92 Å². The lowest BCUT2D eigenvalue weighted by Crippen LogP contribution is -2.42. The zero-order chi connectivity index (χ0) is 16.9. The van der Waals surface area contributed by atoms with Gasteiger partial charge in [-0.1, -0.05) is 0 Å². The van der Waals surface area contributed by atoms with Gasteiger partial charge >= 0.3 is 6.09 Å². The summed E-state index contributed by atoms with van der Waals surface area (Å²) in [7, 11) is 1.62. The second-order valence-corrected chi connectivity index (χ2v) is 6.85. The quantitative estimate of drug-likeness (QED) is 0.923. The second-order valence-electron chi connectivity index (χ2n) is 6.85. The number of hydrogen-bond donors (Lipinski definition) is 1. The van der Waals surface area contributed by atoms with Crippen molar-refractivity contribution in [3.63, 3.8) is 0 Å². The van der Waals surface area contributed by atoms with E-state index in [9.17, 15) is 4.79 Å². The molecule has 1 aromatic rings. The van der Waals surface area contributed by atoms with Gasteiger partial charge in [0.05, 0.1) is 12.8 Å². The number of pyridine rings is 1. The molecule has 0 spiro atoms. The van der Waals surface area contributed by atoms with Gasteiger partial charge < -0.3 is 19.7 Å². The first-order valence-corrected chi connectivity index (χ1v) is 8.10. The molecule has 1 saturated heterocycles. The number of ether oxygens (including phenoxy) is 2. The molecule has 128 valence electrons. The van der Waals surface area contributed by atoms with Crippen LogP contribution in [0.5, 0.6) is 5.88 Å². The van der Waals surface area contributed by atoms with Crippen LogP contribution in [0.25, 0.3) is 0 Å². The van der Waals surface area contributed by atoms with Crippen LogP contribution in [0.4, 0.5) is 10.5 Å². The lowest BCUT2D eigenvalue weighted by molar-refractivity contribution is 0.0188. The third kappa shape index (κ3) is 5.30. The monoisotopic (exact) mass is 321 g/mol. The van der Waals surface area contributed by atoms with E-state index in [4.69, 9.17) is 9.47 Å². The Hall–Kier alpha value is -1.98. The fourth-order valence-corrected chi connectivity index (χ4v) is 2.59. The van der Waals surface area contributed by atoms with E-state index in [1.165, 1.54) is 0 Å². The number of anilines is 1. The van der Waals surface area contributed by atoms with Gasteiger partial charge in [0, 0.05) is 25.8 Å². The first-order chi connectivity index (χ1) is 10.9. The smallest absolute Gasteiger partial charge is 0.410 e. The highest BCUT2D eigenvalue weighted by Crippen LogP contribution is 2.23. The molecule has 1 N–H and O–H groups in total. The van der Waals surface area contributed by atoms with Crippen LogP contribution < -0.4 is 10.1 Å². The van der Waals surface area contributed by atoms with Gasteiger partial charge in [-0.3, -0.25) is 0 Å². The average Bonchev–Trinajstić information content (AvgIpc) is 2.52. The van der Waals surface area contributed by atoms with Gasteiger partial charge in [0.15, 0.2) is 0 Å². The summed E-state index contributed by atoms with van der Waals surface area (Å²) in [6, 6.07) is 3.84. The van der Waals surface area contributed by atoms with Gasteiger partial charge in [0.25, 0.3) is 0 Å². The molecule has 1 amide bonds. The zero-order valence-corrected chi connectivity index (χ0v) is 14.5. The molecule has 1 aromatic heterocycles. The maximum atomic E-state index is 12.0. The number of likely N-dealkylation sites (tertiary alicyclic amines) is 1. The largest absolute Gasteiger partial charge is 0.480 e. The van der Waals surface area contributed by atoms with Crippen LogP contribution in [0.1, 0.15) is 33.6 Å². The van der Waals surface area contributed by atoms with Crippen molar-refractivity contribution in [1.29, 1.82) is 0 Å². The average molecular weight is 321 g/mol. The summed E-state index contributed by atoms with van der Waals surface area (Å²) in [6.45, 7) is 8.01. The predicted octanol–water partition coefficient (Wildman–Crippen LogP) is 3.15. The summed E-state index contributed by atoms with van der Waals surface area (Å²) in [5, 5.41) is 3.39. The summed E-state index contributed by atoms with van der Waals surface area (Å²) >= 11 is 0. The summed E-state index contributed by atoms with van der Waals surface area (Å²) in [6.07, 6.45) is 3.44. The molecule has 1 aliphatic rings. The molecule has 2 rings (SSSR count).